The highest BCUT2D eigenvalue weighted by molar-refractivity contribution is 5.22. The van der Waals surface area contributed by atoms with Crippen LogP contribution in [0.4, 0.5) is 0 Å². The van der Waals surface area contributed by atoms with Gasteiger partial charge in [-0.3, -0.25) is 9.59 Å². The lowest BCUT2D eigenvalue weighted by Crippen LogP contribution is -2.06. The molecule has 2 heterocycles. The first-order valence-electron chi connectivity index (χ1n) is 4.67. The van der Waals surface area contributed by atoms with E-state index in [1.165, 1.54) is 0 Å². The van der Waals surface area contributed by atoms with Gasteiger partial charge < -0.3 is 0 Å². The first kappa shape index (κ1) is 8.99. The van der Waals surface area contributed by atoms with Gasteiger partial charge in [-0.1, -0.05) is 13.8 Å². The van der Waals surface area contributed by atoms with Gasteiger partial charge in [-0.25, -0.2) is 9.97 Å². The van der Waals surface area contributed by atoms with E-state index in [-0.39, 0.29) is 11.1 Å². The van der Waals surface area contributed by atoms with Crippen molar-refractivity contribution in [2.24, 2.45) is 0 Å². The van der Waals surface area contributed by atoms with E-state index < -0.39 is 0 Å². The summed E-state index contributed by atoms with van der Waals surface area (Å²) < 4.78 is 0. The Balaban J connectivity index is 3.06. The lowest BCUT2D eigenvalue weighted by atomic mass is 10.2. The van der Waals surface area contributed by atoms with Gasteiger partial charge in [-0.05, 0) is 12.8 Å². The molecule has 0 unspecified atom stereocenters. The van der Waals surface area contributed by atoms with Gasteiger partial charge in [0.25, 0.3) is 11.1 Å². The van der Waals surface area contributed by atoms with E-state index >= 15 is 0 Å². The topological polar surface area (TPSA) is 59.9 Å². The second-order valence-electron chi connectivity index (χ2n) is 3.18. The summed E-state index contributed by atoms with van der Waals surface area (Å²) in [5, 5.41) is 0.878. The van der Waals surface area contributed by atoms with Gasteiger partial charge >= 0.3 is 0 Å². The van der Waals surface area contributed by atoms with Crippen molar-refractivity contribution in [3.05, 3.63) is 42.5 Å². The summed E-state index contributed by atoms with van der Waals surface area (Å²) in [6, 6.07) is 0. The van der Waals surface area contributed by atoms with Crippen molar-refractivity contribution in [2.45, 2.75) is 26.7 Å². The zero-order valence-corrected chi connectivity index (χ0v) is 8.13. The number of nitrogens with zero attached hydrogens (tertiary/aromatic N) is 2. The molecule has 0 saturated heterocycles. The minimum Gasteiger partial charge on any atom is -0.267 e. The molecule has 72 valence electrons. The zero-order chi connectivity index (χ0) is 10.3. The van der Waals surface area contributed by atoms with Crippen LogP contribution in [-0.2, 0) is 12.8 Å². The molecular formula is C10H10N2O2. The summed E-state index contributed by atoms with van der Waals surface area (Å²) in [7, 11) is 0. The maximum Gasteiger partial charge on any atom is 0.279 e. The van der Waals surface area contributed by atoms with E-state index in [1.807, 2.05) is 13.8 Å². The fourth-order valence-electron chi connectivity index (χ4n) is 1.73. The summed E-state index contributed by atoms with van der Waals surface area (Å²) in [5.74, 6) is 0. The van der Waals surface area contributed by atoms with Gasteiger partial charge in [-0.15, -0.1) is 0 Å². The minimum atomic E-state index is -0.302. The molecule has 2 aliphatic rings. The van der Waals surface area contributed by atoms with Gasteiger partial charge in [0.15, 0.2) is 0 Å². The molecule has 0 aromatic heterocycles. The fourth-order valence-corrected chi connectivity index (χ4v) is 1.73. The van der Waals surface area contributed by atoms with Crippen molar-refractivity contribution in [3.8, 4) is 0 Å². The quantitative estimate of drug-likeness (QED) is 0.664. The Bertz CT molecular complexity index is 553. The average Bonchev–Trinajstić information content (AvgIpc) is 2.67. The van der Waals surface area contributed by atoms with E-state index in [1.54, 1.807) is 0 Å². The molecule has 2 rings (SSSR count). The second kappa shape index (κ2) is 2.97. The molecule has 4 heteroatoms. The van der Waals surface area contributed by atoms with Crippen molar-refractivity contribution >= 4 is 0 Å². The third kappa shape index (κ3) is 0.999. The lowest BCUT2D eigenvalue weighted by molar-refractivity contribution is 0.995. The van der Waals surface area contributed by atoms with E-state index in [4.69, 9.17) is 0 Å². The average molecular weight is 190 g/mol. The van der Waals surface area contributed by atoms with Gasteiger partial charge in [0.05, 0.1) is 21.8 Å². The van der Waals surface area contributed by atoms with Gasteiger partial charge in [0.2, 0.25) is 0 Å². The van der Waals surface area contributed by atoms with Crippen LogP contribution < -0.4 is 11.1 Å². The van der Waals surface area contributed by atoms with Crippen molar-refractivity contribution < 1.29 is 0 Å². The molecule has 0 N–H and O–H groups in total. The summed E-state index contributed by atoms with van der Waals surface area (Å²) in [6.07, 6.45) is 1.20. The van der Waals surface area contributed by atoms with Crippen LogP contribution in [0.3, 0.4) is 0 Å². The van der Waals surface area contributed by atoms with Crippen molar-refractivity contribution in [3.63, 3.8) is 0 Å². The maximum atomic E-state index is 11.5. The molecule has 0 bridgehead atoms. The van der Waals surface area contributed by atoms with Crippen LogP contribution in [0.15, 0.2) is 9.59 Å². The van der Waals surface area contributed by atoms with Crippen LogP contribution in [-0.4, -0.2) is 9.97 Å². The predicted molar refractivity (Wildman–Crippen MR) is 51.0 cm³/mol. The Kier molecular flexibility index (Phi) is 1.91. The molecule has 0 aromatic rings. The molecule has 0 radical (unpaired) electrons. The summed E-state index contributed by atoms with van der Waals surface area (Å²) >= 11 is 0. The van der Waals surface area contributed by atoms with Gasteiger partial charge in [0.1, 0.15) is 0 Å². The van der Waals surface area contributed by atoms with Crippen LogP contribution in [0.5, 0.6) is 0 Å². The highest BCUT2D eigenvalue weighted by Gasteiger charge is 2.14. The Morgan fingerprint density at radius 1 is 0.857 bits per heavy atom. The molecule has 0 amide bonds. The largest absolute Gasteiger partial charge is 0.279 e. The summed E-state index contributed by atoms with van der Waals surface area (Å²) in [5.41, 5.74) is 0.566. The zero-order valence-electron chi connectivity index (χ0n) is 8.13. The van der Waals surface area contributed by atoms with E-state index in [0.717, 1.165) is 0 Å². The monoisotopic (exact) mass is 190 g/mol. The third-order valence-electron chi connectivity index (χ3n) is 2.40. The van der Waals surface area contributed by atoms with Gasteiger partial charge in [-0.2, -0.15) is 0 Å². The molecule has 14 heavy (non-hydrogen) atoms. The molecule has 0 saturated carbocycles. The maximum absolute atomic E-state index is 11.5. The lowest BCUT2D eigenvalue weighted by Gasteiger charge is -1.82. The molecule has 0 spiro atoms. The van der Waals surface area contributed by atoms with Crippen LogP contribution in [0.1, 0.15) is 25.2 Å². The van der Waals surface area contributed by atoms with Crippen molar-refractivity contribution in [1.82, 2.24) is 9.97 Å². The molecule has 0 atom stereocenters. The van der Waals surface area contributed by atoms with Crippen LogP contribution in [0.2, 0.25) is 0 Å². The number of aromatic nitrogens is 2. The normalized spacial score (nSPS) is 11.3. The Labute approximate surface area is 80.0 Å². The number of hydrogen-bond acceptors (Lipinski definition) is 4. The predicted octanol–water partition coefficient (Wildman–Crippen LogP) is -0.0778. The first-order valence-corrected chi connectivity index (χ1v) is 4.67. The van der Waals surface area contributed by atoms with Crippen LogP contribution >= 0.6 is 0 Å². The SMILES string of the molecule is CCc1nc(=O)c2c(CC)nc(=O)c1=2. The standard InChI is InChI=1S/C10H10N2O2/c1-3-5-7-8(10(14)11-5)6(4-2)12-9(7)13/h3-4H2,1-2H3. The highest BCUT2D eigenvalue weighted by atomic mass is 16.1. The summed E-state index contributed by atoms with van der Waals surface area (Å²) in [6.45, 7) is 3.75. The molecule has 4 nitrogen and oxygen atoms in total. The Morgan fingerprint density at radius 2 is 1.21 bits per heavy atom. The smallest absolute Gasteiger partial charge is 0.267 e. The van der Waals surface area contributed by atoms with Crippen molar-refractivity contribution in [2.75, 3.05) is 0 Å². The Hall–Kier alpha value is -1.58. The first-order chi connectivity index (χ1) is 6.69. The number of rotatable bonds is 2. The molecule has 2 aliphatic heterocycles. The summed E-state index contributed by atoms with van der Waals surface area (Å²) in [4.78, 5) is 30.6. The van der Waals surface area contributed by atoms with E-state index in [2.05, 4.69) is 9.97 Å². The second-order valence-corrected chi connectivity index (χ2v) is 3.18. The molecule has 0 fully saturated rings. The Morgan fingerprint density at radius 3 is 1.50 bits per heavy atom. The van der Waals surface area contributed by atoms with Gasteiger partial charge in [0, 0.05) is 0 Å². The fraction of sp³-hybridized carbons (Fsp3) is 0.400. The molecular weight excluding hydrogens is 180 g/mol. The number of hydrogen-bond donors (Lipinski definition) is 0. The van der Waals surface area contributed by atoms with Crippen molar-refractivity contribution in [1.29, 1.82) is 0 Å². The number of aryl methyl sites for hydroxylation is 2. The van der Waals surface area contributed by atoms with Crippen LogP contribution in [0.25, 0.3) is 0 Å². The minimum absolute atomic E-state index is 0.302. The van der Waals surface area contributed by atoms with E-state index in [0.29, 0.717) is 34.7 Å². The molecule has 0 aromatic carbocycles. The third-order valence-corrected chi connectivity index (χ3v) is 2.40. The highest BCUT2D eigenvalue weighted by Crippen LogP contribution is 2.02. The van der Waals surface area contributed by atoms with E-state index in [9.17, 15) is 9.59 Å². The van der Waals surface area contributed by atoms with Crippen LogP contribution in [0, 0.1) is 10.4 Å². The molecule has 0 aliphatic carbocycles.